The van der Waals surface area contributed by atoms with Crippen LogP contribution < -0.4 is 5.32 Å². The lowest BCUT2D eigenvalue weighted by atomic mass is 10.3. The molecule has 7 heteroatoms. The molecule has 0 saturated carbocycles. The van der Waals surface area contributed by atoms with Gasteiger partial charge in [0.1, 0.15) is 24.0 Å². The van der Waals surface area contributed by atoms with E-state index in [1.54, 1.807) is 17.9 Å². The molecular formula is C11H12N6O. The van der Waals surface area contributed by atoms with E-state index in [2.05, 4.69) is 15.5 Å². The van der Waals surface area contributed by atoms with Crippen molar-refractivity contribution in [3.05, 3.63) is 29.7 Å². The minimum atomic E-state index is -0.248. The largest absolute Gasteiger partial charge is 0.308 e. The lowest BCUT2D eigenvalue weighted by Crippen LogP contribution is -2.22. The zero-order valence-electron chi connectivity index (χ0n) is 10.1. The molecule has 2 aromatic heterocycles. The molecule has 0 radical (unpaired) electrons. The molecule has 0 aliphatic carbocycles. The SMILES string of the molecule is Cc1ccnn1CC(=O)Nc1c(C#N)cnn1C. The van der Waals surface area contributed by atoms with Crippen molar-refractivity contribution in [2.45, 2.75) is 13.5 Å². The summed E-state index contributed by atoms with van der Waals surface area (Å²) in [6, 6.07) is 3.79. The summed E-state index contributed by atoms with van der Waals surface area (Å²) in [5.74, 6) is 0.147. The van der Waals surface area contributed by atoms with E-state index in [-0.39, 0.29) is 12.5 Å². The van der Waals surface area contributed by atoms with E-state index in [9.17, 15) is 4.79 Å². The van der Waals surface area contributed by atoms with Crippen LogP contribution in [0.2, 0.25) is 0 Å². The Kier molecular flexibility index (Phi) is 3.10. The average molecular weight is 244 g/mol. The van der Waals surface area contributed by atoms with Crippen molar-refractivity contribution < 1.29 is 4.79 Å². The molecule has 1 N–H and O–H groups in total. The first-order chi connectivity index (χ1) is 8.61. The van der Waals surface area contributed by atoms with Crippen LogP contribution >= 0.6 is 0 Å². The van der Waals surface area contributed by atoms with Gasteiger partial charge in [-0.1, -0.05) is 0 Å². The molecule has 2 rings (SSSR count). The highest BCUT2D eigenvalue weighted by atomic mass is 16.2. The second-order valence-electron chi connectivity index (χ2n) is 3.82. The van der Waals surface area contributed by atoms with Gasteiger partial charge in [0.05, 0.1) is 6.20 Å². The fourth-order valence-electron chi connectivity index (χ4n) is 1.54. The molecule has 0 unspecified atom stereocenters. The molecule has 0 spiro atoms. The molecule has 0 saturated heterocycles. The molecule has 0 aromatic carbocycles. The van der Waals surface area contributed by atoms with Gasteiger partial charge in [0.2, 0.25) is 5.91 Å². The number of anilines is 1. The van der Waals surface area contributed by atoms with Gasteiger partial charge >= 0.3 is 0 Å². The van der Waals surface area contributed by atoms with Gasteiger partial charge in [-0.2, -0.15) is 15.5 Å². The molecule has 92 valence electrons. The van der Waals surface area contributed by atoms with E-state index in [0.717, 1.165) is 5.69 Å². The molecule has 2 heterocycles. The average Bonchev–Trinajstić information content (AvgIpc) is 2.88. The third kappa shape index (κ3) is 2.22. The highest BCUT2D eigenvalue weighted by Crippen LogP contribution is 2.12. The Morgan fingerprint density at radius 3 is 2.94 bits per heavy atom. The van der Waals surface area contributed by atoms with Gasteiger partial charge in [0, 0.05) is 18.9 Å². The Hall–Kier alpha value is -2.62. The third-order valence-electron chi connectivity index (χ3n) is 2.54. The number of rotatable bonds is 3. The molecule has 0 bridgehead atoms. The number of hydrogen-bond acceptors (Lipinski definition) is 4. The number of carbonyl (C=O) groups is 1. The van der Waals surface area contributed by atoms with Crippen LogP contribution in [0.3, 0.4) is 0 Å². The summed E-state index contributed by atoms with van der Waals surface area (Å²) < 4.78 is 3.03. The lowest BCUT2D eigenvalue weighted by molar-refractivity contribution is -0.117. The summed E-state index contributed by atoms with van der Waals surface area (Å²) >= 11 is 0. The van der Waals surface area contributed by atoms with Gasteiger partial charge in [-0.05, 0) is 13.0 Å². The van der Waals surface area contributed by atoms with Gasteiger partial charge in [0.25, 0.3) is 0 Å². The van der Waals surface area contributed by atoms with Crippen molar-refractivity contribution in [1.29, 1.82) is 5.26 Å². The molecular weight excluding hydrogens is 232 g/mol. The predicted molar refractivity (Wildman–Crippen MR) is 63.5 cm³/mol. The number of aromatic nitrogens is 4. The normalized spacial score (nSPS) is 10.1. The van der Waals surface area contributed by atoms with E-state index in [4.69, 9.17) is 5.26 Å². The predicted octanol–water partition coefficient (Wildman–Crippen LogP) is 0.435. The Morgan fingerprint density at radius 1 is 1.56 bits per heavy atom. The fourth-order valence-corrected chi connectivity index (χ4v) is 1.54. The molecule has 0 aliphatic rings. The second kappa shape index (κ2) is 4.71. The second-order valence-corrected chi connectivity index (χ2v) is 3.82. The maximum absolute atomic E-state index is 11.8. The lowest BCUT2D eigenvalue weighted by Gasteiger charge is -2.07. The van der Waals surface area contributed by atoms with E-state index in [1.165, 1.54) is 10.9 Å². The Balaban J connectivity index is 2.11. The number of carbonyl (C=O) groups excluding carboxylic acids is 1. The van der Waals surface area contributed by atoms with Crippen LogP contribution in [-0.2, 0) is 18.4 Å². The smallest absolute Gasteiger partial charge is 0.247 e. The maximum Gasteiger partial charge on any atom is 0.247 e. The molecule has 18 heavy (non-hydrogen) atoms. The van der Waals surface area contributed by atoms with E-state index < -0.39 is 0 Å². The van der Waals surface area contributed by atoms with Crippen LogP contribution in [0.1, 0.15) is 11.3 Å². The number of amides is 1. The number of hydrogen-bond donors (Lipinski definition) is 1. The van der Waals surface area contributed by atoms with E-state index >= 15 is 0 Å². The van der Waals surface area contributed by atoms with E-state index in [1.807, 2.05) is 19.1 Å². The van der Waals surface area contributed by atoms with Crippen LogP contribution in [0.4, 0.5) is 5.82 Å². The highest BCUT2D eigenvalue weighted by Gasteiger charge is 2.12. The monoisotopic (exact) mass is 244 g/mol. The summed E-state index contributed by atoms with van der Waals surface area (Å²) in [6.07, 6.45) is 3.04. The van der Waals surface area contributed by atoms with Crippen LogP contribution in [-0.4, -0.2) is 25.5 Å². The molecule has 0 fully saturated rings. The van der Waals surface area contributed by atoms with Crippen LogP contribution in [0.25, 0.3) is 0 Å². The number of aryl methyl sites for hydroxylation is 2. The first kappa shape index (κ1) is 11.9. The Morgan fingerprint density at radius 2 is 2.33 bits per heavy atom. The summed E-state index contributed by atoms with van der Waals surface area (Å²) in [6.45, 7) is 1.97. The summed E-state index contributed by atoms with van der Waals surface area (Å²) in [4.78, 5) is 11.8. The first-order valence-electron chi connectivity index (χ1n) is 5.32. The van der Waals surface area contributed by atoms with Crippen molar-refractivity contribution in [1.82, 2.24) is 19.6 Å². The summed E-state index contributed by atoms with van der Waals surface area (Å²) in [7, 11) is 1.66. The number of nitrogens with one attached hydrogen (secondary N) is 1. The Labute approximate surface area is 104 Å². The van der Waals surface area contributed by atoms with Crippen molar-refractivity contribution in [3.8, 4) is 6.07 Å². The quantitative estimate of drug-likeness (QED) is 0.848. The van der Waals surface area contributed by atoms with Crippen molar-refractivity contribution in [2.24, 2.45) is 7.05 Å². The van der Waals surface area contributed by atoms with Gasteiger partial charge < -0.3 is 5.32 Å². The van der Waals surface area contributed by atoms with Crippen molar-refractivity contribution in [2.75, 3.05) is 5.32 Å². The highest BCUT2D eigenvalue weighted by molar-refractivity contribution is 5.90. The van der Waals surface area contributed by atoms with Gasteiger partial charge in [-0.25, -0.2) is 0 Å². The number of nitriles is 1. The topological polar surface area (TPSA) is 88.5 Å². The fraction of sp³-hybridized carbons (Fsp3) is 0.273. The Bertz CT molecular complexity index is 618. The van der Waals surface area contributed by atoms with E-state index in [0.29, 0.717) is 11.4 Å². The summed E-state index contributed by atoms with van der Waals surface area (Å²) in [5, 5.41) is 19.5. The molecule has 0 atom stereocenters. The first-order valence-corrected chi connectivity index (χ1v) is 5.32. The minimum absolute atomic E-state index is 0.106. The van der Waals surface area contributed by atoms with Crippen molar-refractivity contribution in [3.63, 3.8) is 0 Å². The molecule has 2 aromatic rings. The molecule has 0 aliphatic heterocycles. The van der Waals surface area contributed by atoms with Crippen LogP contribution in [0, 0.1) is 18.3 Å². The van der Waals surface area contributed by atoms with Crippen LogP contribution in [0.15, 0.2) is 18.5 Å². The van der Waals surface area contributed by atoms with Crippen LogP contribution in [0.5, 0.6) is 0 Å². The zero-order valence-corrected chi connectivity index (χ0v) is 10.1. The molecule has 1 amide bonds. The number of nitrogens with zero attached hydrogens (tertiary/aromatic N) is 5. The zero-order chi connectivity index (χ0) is 13.1. The molecule has 7 nitrogen and oxygen atoms in total. The standard InChI is InChI=1S/C11H12N6O/c1-8-3-4-13-17(8)7-10(18)15-11-9(5-12)6-14-16(11)2/h3-4,6H,7H2,1-2H3,(H,15,18). The van der Waals surface area contributed by atoms with Gasteiger partial charge in [-0.3, -0.25) is 14.2 Å². The summed E-state index contributed by atoms with van der Waals surface area (Å²) in [5.41, 5.74) is 1.23. The van der Waals surface area contributed by atoms with Gasteiger partial charge in [-0.15, -0.1) is 0 Å². The minimum Gasteiger partial charge on any atom is -0.308 e. The van der Waals surface area contributed by atoms with Crippen molar-refractivity contribution >= 4 is 11.7 Å². The van der Waals surface area contributed by atoms with Gasteiger partial charge in [0.15, 0.2) is 0 Å². The maximum atomic E-state index is 11.8. The third-order valence-corrected chi connectivity index (χ3v) is 2.54.